The first kappa shape index (κ1) is 15.6. The van der Waals surface area contributed by atoms with E-state index in [0.717, 1.165) is 18.3 Å². The van der Waals surface area contributed by atoms with Crippen LogP contribution in [-0.4, -0.2) is 6.54 Å². The molecule has 0 N–H and O–H groups in total. The number of aryl methyl sites for hydroxylation is 1. The summed E-state index contributed by atoms with van der Waals surface area (Å²) < 4.78 is 0. The molecule has 0 radical (unpaired) electrons. The van der Waals surface area contributed by atoms with Crippen molar-refractivity contribution < 1.29 is 0 Å². The first-order valence-corrected chi connectivity index (χ1v) is 9.04. The number of allylic oxidation sites excluding steroid dienone is 1. The summed E-state index contributed by atoms with van der Waals surface area (Å²) in [4.78, 5) is 2.56. The van der Waals surface area contributed by atoms with E-state index in [1.54, 1.807) is 0 Å². The Bertz CT molecular complexity index is 561. The summed E-state index contributed by atoms with van der Waals surface area (Å²) in [5.41, 5.74) is 5.79. The number of nitrogens with zero attached hydrogens (tertiary/aromatic N) is 1. The Labute approximate surface area is 136 Å². The van der Waals surface area contributed by atoms with Gasteiger partial charge in [0.2, 0.25) is 0 Å². The minimum Gasteiger partial charge on any atom is -0.344 e. The van der Waals surface area contributed by atoms with Crippen LogP contribution >= 0.6 is 0 Å². The third-order valence-corrected chi connectivity index (χ3v) is 6.07. The standard InChI is InChI=1S/C21H31N/c1-6-18-8-7-9-19-20(18)22(16(3)21(19,4)5)14-17-12-10-15(2)11-13-17/h7-9,15,17H,3,6,10-14H2,1-2,4-5H3. The first-order chi connectivity index (χ1) is 10.4. The minimum atomic E-state index is 0.0719. The molecule has 1 aliphatic heterocycles. The fourth-order valence-corrected chi connectivity index (χ4v) is 4.30. The summed E-state index contributed by atoms with van der Waals surface area (Å²) in [6.45, 7) is 15.0. The molecular weight excluding hydrogens is 266 g/mol. The zero-order chi connectivity index (χ0) is 15.9. The predicted octanol–water partition coefficient (Wildman–Crippen LogP) is 5.69. The molecule has 0 amide bonds. The summed E-state index contributed by atoms with van der Waals surface area (Å²) >= 11 is 0. The van der Waals surface area contributed by atoms with Gasteiger partial charge in [0.05, 0.1) is 0 Å². The molecule has 0 bridgehead atoms. The maximum atomic E-state index is 4.48. The molecule has 1 heterocycles. The van der Waals surface area contributed by atoms with E-state index >= 15 is 0 Å². The molecular formula is C21H31N. The summed E-state index contributed by atoms with van der Waals surface area (Å²) in [7, 11) is 0. The lowest BCUT2D eigenvalue weighted by Crippen LogP contribution is -2.31. The van der Waals surface area contributed by atoms with Gasteiger partial charge in [0.25, 0.3) is 0 Å². The smallest absolute Gasteiger partial charge is 0.0482 e. The van der Waals surface area contributed by atoms with Gasteiger partial charge in [0.1, 0.15) is 0 Å². The quantitative estimate of drug-likeness (QED) is 0.693. The van der Waals surface area contributed by atoms with Crippen LogP contribution in [-0.2, 0) is 11.8 Å². The number of anilines is 1. The van der Waals surface area contributed by atoms with Gasteiger partial charge in [-0.05, 0) is 42.2 Å². The monoisotopic (exact) mass is 297 g/mol. The van der Waals surface area contributed by atoms with Gasteiger partial charge in [-0.15, -0.1) is 0 Å². The van der Waals surface area contributed by atoms with Crippen molar-refractivity contribution in [3.63, 3.8) is 0 Å². The third kappa shape index (κ3) is 2.49. The predicted molar refractivity (Wildman–Crippen MR) is 96.5 cm³/mol. The van der Waals surface area contributed by atoms with Crippen LogP contribution < -0.4 is 4.90 Å². The number of rotatable bonds is 3. The Morgan fingerprint density at radius 3 is 2.50 bits per heavy atom. The van der Waals surface area contributed by atoms with Crippen molar-refractivity contribution in [3.8, 4) is 0 Å². The largest absolute Gasteiger partial charge is 0.344 e. The van der Waals surface area contributed by atoms with Gasteiger partial charge in [0, 0.05) is 23.3 Å². The third-order valence-electron chi connectivity index (χ3n) is 6.07. The Morgan fingerprint density at radius 2 is 1.86 bits per heavy atom. The molecule has 1 aromatic carbocycles. The van der Waals surface area contributed by atoms with Crippen molar-refractivity contribution in [2.75, 3.05) is 11.4 Å². The fourth-order valence-electron chi connectivity index (χ4n) is 4.30. The average molecular weight is 297 g/mol. The van der Waals surface area contributed by atoms with Crippen molar-refractivity contribution in [2.45, 2.75) is 65.2 Å². The van der Waals surface area contributed by atoms with Crippen LogP contribution in [0.25, 0.3) is 0 Å². The zero-order valence-corrected chi connectivity index (χ0v) is 14.8. The highest BCUT2D eigenvalue weighted by Gasteiger charge is 2.40. The molecule has 0 unspecified atom stereocenters. The van der Waals surface area contributed by atoms with E-state index in [1.165, 1.54) is 54.7 Å². The minimum absolute atomic E-state index is 0.0719. The molecule has 22 heavy (non-hydrogen) atoms. The van der Waals surface area contributed by atoms with Crippen LogP contribution in [0.3, 0.4) is 0 Å². The molecule has 1 saturated carbocycles. The van der Waals surface area contributed by atoms with E-state index in [-0.39, 0.29) is 5.41 Å². The van der Waals surface area contributed by atoms with Crippen molar-refractivity contribution in [1.29, 1.82) is 0 Å². The summed E-state index contributed by atoms with van der Waals surface area (Å²) in [5, 5.41) is 0. The highest BCUT2D eigenvalue weighted by atomic mass is 15.2. The van der Waals surface area contributed by atoms with Crippen molar-refractivity contribution in [3.05, 3.63) is 41.6 Å². The Hall–Kier alpha value is -1.24. The Morgan fingerprint density at radius 1 is 1.18 bits per heavy atom. The molecule has 120 valence electrons. The molecule has 1 fully saturated rings. The van der Waals surface area contributed by atoms with Crippen LogP contribution in [0.5, 0.6) is 0 Å². The fraction of sp³-hybridized carbons (Fsp3) is 0.619. The SMILES string of the molecule is C=C1N(CC2CCC(C)CC2)c2c(CC)cccc2C1(C)C. The number of hydrogen-bond donors (Lipinski definition) is 0. The van der Waals surface area contributed by atoms with E-state index < -0.39 is 0 Å². The molecule has 3 rings (SSSR count). The van der Waals surface area contributed by atoms with Gasteiger partial charge in [-0.2, -0.15) is 0 Å². The molecule has 1 heteroatoms. The van der Waals surface area contributed by atoms with Gasteiger partial charge in [-0.25, -0.2) is 0 Å². The Kier molecular flexibility index (Phi) is 4.09. The normalized spacial score (nSPS) is 27.1. The van der Waals surface area contributed by atoms with Crippen LogP contribution in [0.2, 0.25) is 0 Å². The number of hydrogen-bond acceptors (Lipinski definition) is 1. The molecule has 2 aliphatic rings. The molecule has 0 atom stereocenters. The van der Waals surface area contributed by atoms with Gasteiger partial charge in [0.15, 0.2) is 0 Å². The van der Waals surface area contributed by atoms with E-state index in [9.17, 15) is 0 Å². The van der Waals surface area contributed by atoms with Crippen molar-refractivity contribution >= 4 is 5.69 Å². The summed E-state index contributed by atoms with van der Waals surface area (Å²) in [6, 6.07) is 6.82. The molecule has 0 spiro atoms. The zero-order valence-electron chi connectivity index (χ0n) is 14.8. The lowest BCUT2D eigenvalue weighted by atomic mass is 9.82. The van der Waals surface area contributed by atoms with Gasteiger partial charge < -0.3 is 4.90 Å². The van der Waals surface area contributed by atoms with Gasteiger partial charge in [-0.3, -0.25) is 0 Å². The number of benzene rings is 1. The highest BCUT2D eigenvalue weighted by molar-refractivity contribution is 5.73. The second kappa shape index (κ2) is 5.76. The van der Waals surface area contributed by atoms with E-state index in [1.807, 2.05) is 0 Å². The average Bonchev–Trinajstić information content (AvgIpc) is 2.70. The Balaban J connectivity index is 1.91. The molecule has 0 aromatic heterocycles. The topological polar surface area (TPSA) is 3.24 Å². The molecule has 0 saturated heterocycles. The van der Waals surface area contributed by atoms with E-state index in [4.69, 9.17) is 0 Å². The van der Waals surface area contributed by atoms with Crippen LogP contribution in [0.15, 0.2) is 30.5 Å². The second-order valence-electron chi connectivity index (χ2n) is 7.98. The lowest BCUT2D eigenvalue weighted by molar-refractivity contribution is 0.293. The van der Waals surface area contributed by atoms with Gasteiger partial charge >= 0.3 is 0 Å². The first-order valence-electron chi connectivity index (χ1n) is 9.04. The lowest BCUT2D eigenvalue weighted by Gasteiger charge is -2.33. The molecule has 1 aromatic rings. The highest BCUT2D eigenvalue weighted by Crippen LogP contribution is 2.49. The van der Waals surface area contributed by atoms with Gasteiger partial charge in [-0.1, -0.05) is 65.3 Å². The number of para-hydroxylation sites is 1. The molecule has 1 nitrogen and oxygen atoms in total. The maximum absolute atomic E-state index is 4.48. The van der Waals surface area contributed by atoms with E-state index in [2.05, 4.69) is 57.4 Å². The summed E-state index contributed by atoms with van der Waals surface area (Å²) in [5.74, 6) is 1.76. The molecule has 1 aliphatic carbocycles. The second-order valence-corrected chi connectivity index (χ2v) is 7.98. The van der Waals surface area contributed by atoms with Crippen molar-refractivity contribution in [1.82, 2.24) is 0 Å². The van der Waals surface area contributed by atoms with E-state index in [0.29, 0.717) is 0 Å². The van der Waals surface area contributed by atoms with Crippen LogP contribution in [0.4, 0.5) is 5.69 Å². The van der Waals surface area contributed by atoms with Crippen LogP contribution in [0.1, 0.15) is 64.5 Å². The number of fused-ring (bicyclic) bond motifs is 1. The van der Waals surface area contributed by atoms with Crippen LogP contribution in [0, 0.1) is 11.8 Å². The van der Waals surface area contributed by atoms with Crippen molar-refractivity contribution in [2.24, 2.45) is 11.8 Å². The maximum Gasteiger partial charge on any atom is 0.0482 e. The summed E-state index contributed by atoms with van der Waals surface area (Å²) in [6.07, 6.45) is 6.67.